The second-order valence-corrected chi connectivity index (χ2v) is 5.79. The minimum Gasteiger partial charge on any atom is -0.496 e. The van der Waals surface area contributed by atoms with E-state index in [0.717, 1.165) is 22.6 Å². The highest BCUT2D eigenvalue weighted by Gasteiger charge is 2.33. The summed E-state index contributed by atoms with van der Waals surface area (Å²) < 4.78 is 11.2. The summed E-state index contributed by atoms with van der Waals surface area (Å²) in [6.45, 7) is 2.00. The zero-order valence-electron chi connectivity index (χ0n) is 13.7. The summed E-state index contributed by atoms with van der Waals surface area (Å²) in [5.74, 6) is 1.58. The van der Waals surface area contributed by atoms with E-state index in [4.69, 9.17) is 9.47 Å². The number of hydrogen-bond acceptors (Lipinski definition) is 3. The van der Waals surface area contributed by atoms with Gasteiger partial charge in [-0.1, -0.05) is 36.4 Å². The Bertz CT molecular complexity index is 688. The number of amides is 1. The second-order valence-electron chi connectivity index (χ2n) is 5.79. The Hall–Kier alpha value is -2.49. The third-order valence-corrected chi connectivity index (χ3v) is 4.44. The van der Waals surface area contributed by atoms with Crippen LogP contribution in [0.5, 0.6) is 11.5 Å². The van der Waals surface area contributed by atoms with Crippen LogP contribution in [0.25, 0.3) is 0 Å². The molecule has 0 fully saturated rings. The molecule has 23 heavy (non-hydrogen) atoms. The smallest absolute Gasteiger partial charge is 0.264 e. The van der Waals surface area contributed by atoms with Crippen LogP contribution in [0, 0.1) is 0 Å². The molecule has 2 atom stereocenters. The van der Waals surface area contributed by atoms with E-state index in [-0.39, 0.29) is 11.9 Å². The van der Waals surface area contributed by atoms with E-state index in [2.05, 4.69) is 0 Å². The fourth-order valence-corrected chi connectivity index (χ4v) is 2.96. The number of rotatable bonds is 4. The Morgan fingerprint density at radius 1 is 1.22 bits per heavy atom. The lowest BCUT2D eigenvalue weighted by molar-refractivity contribution is -0.138. The van der Waals surface area contributed by atoms with E-state index in [1.807, 2.05) is 62.5 Å². The third kappa shape index (κ3) is 2.89. The van der Waals surface area contributed by atoms with E-state index in [1.165, 1.54) is 0 Å². The number of carbonyl (C=O) groups excluding carboxylic acids is 1. The van der Waals surface area contributed by atoms with Gasteiger partial charge in [-0.25, -0.2) is 0 Å². The van der Waals surface area contributed by atoms with Crippen LogP contribution in [0.1, 0.15) is 24.1 Å². The van der Waals surface area contributed by atoms with Crippen molar-refractivity contribution in [1.82, 2.24) is 4.90 Å². The molecule has 4 heteroatoms. The van der Waals surface area contributed by atoms with Gasteiger partial charge >= 0.3 is 0 Å². The molecule has 1 heterocycles. The Balaban J connectivity index is 1.75. The molecule has 3 rings (SSSR count). The first-order valence-electron chi connectivity index (χ1n) is 7.76. The summed E-state index contributed by atoms with van der Waals surface area (Å²) in [4.78, 5) is 14.5. The van der Waals surface area contributed by atoms with Crippen LogP contribution >= 0.6 is 0 Å². The van der Waals surface area contributed by atoms with Crippen molar-refractivity contribution < 1.29 is 14.3 Å². The molecule has 0 spiro atoms. The molecule has 0 N–H and O–H groups in total. The maximum absolute atomic E-state index is 12.8. The highest BCUT2D eigenvalue weighted by Crippen LogP contribution is 2.32. The zero-order valence-corrected chi connectivity index (χ0v) is 13.7. The van der Waals surface area contributed by atoms with Gasteiger partial charge in [-0.05, 0) is 24.6 Å². The SMILES string of the molecule is COc1ccccc1C(C)N(C)C(=O)C1Cc2ccccc2O1. The highest BCUT2D eigenvalue weighted by atomic mass is 16.5. The van der Waals surface area contributed by atoms with Gasteiger partial charge in [-0.2, -0.15) is 0 Å². The molecule has 0 aromatic heterocycles. The van der Waals surface area contributed by atoms with Crippen molar-refractivity contribution >= 4 is 5.91 Å². The standard InChI is InChI=1S/C19H21NO3/c1-13(15-9-5-7-11-17(15)22-3)20(2)19(21)18-12-14-8-4-6-10-16(14)23-18/h4-11,13,18H,12H2,1-3H3. The molecule has 0 radical (unpaired) electrons. The molecule has 2 unspecified atom stereocenters. The van der Waals surface area contributed by atoms with Crippen molar-refractivity contribution in [2.24, 2.45) is 0 Å². The van der Waals surface area contributed by atoms with Crippen LogP contribution in [0.3, 0.4) is 0 Å². The lowest BCUT2D eigenvalue weighted by Crippen LogP contribution is -2.40. The van der Waals surface area contributed by atoms with Gasteiger partial charge in [0.1, 0.15) is 11.5 Å². The van der Waals surface area contributed by atoms with Crippen molar-refractivity contribution in [3.05, 3.63) is 59.7 Å². The second kappa shape index (κ2) is 6.32. The van der Waals surface area contributed by atoms with Crippen molar-refractivity contribution in [2.45, 2.75) is 25.5 Å². The Labute approximate surface area is 136 Å². The van der Waals surface area contributed by atoms with E-state index >= 15 is 0 Å². The first-order chi connectivity index (χ1) is 11.1. The molecule has 1 aliphatic heterocycles. The summed E-state index contributed by atoms with van der Waals surface area (Å²) in [6, 6.07) is 15.5. The summed E-state index contributed by atoms with van der Waals surface area (Å²) >= 11 is 0. The van der Waals surface area contributed by atoms with E-state index in [0.29, 0.717) is 6.42 Å². The van der Waals surface area contributed by atoms with Crippen LogP contribution in [0.15, 0.2) is 48.5 Å². The van der Waals surface area contributed by atoms with Crippen molar-refractivity contribution in [3.8, 4) is 11.5 Å². The number of fused-ring (bicyclic) bond motifs is 1. The molecule has 0 aliphatic carbocycles. The Morgan fingerprint density at radius 3 is 2.65 bits per heavy atom. The summed E-state index contributed by atoms with van der Waals surface area (Å²) in [6.07, 6.45) is 0.174. The number of carbonyl (C=O) groups is 1. The summed E-state index contributed by atoms with van der Waals surface area (Å²) in [7, 11) is 3.45. The maximum Gasteiger partial charge on any atom is 0.264 e. The summed E-state index contributed by atoms with van der Waals surface area (Å²) in [5, 5.41) is 0. The van der Waals surface area contributed by atoms with Crippen molar-refractivity contribution in [2.75, 3.05) is 14.2 Å². The van der Waals surface area contributed by atoms with E-state index in [1.54, 1.807) is 12.0 Å². The van der Waals surface area contributed by atoms with Crippen LogP contribution in [0.2, 0.25) is 0 Å². The van der Waals surface area contributed by atoms with Gasteiger partial charge in [-0.3, -0.25) is 4.79 Å². The largest absolute Gasteiger partial charge is 0.496 e. The highest BCUT2D eigenvalue weighted by molar-refractivity contribution is 5.83. The Morgan fingerprint density at radius 2 is 1.91 bits per heavy atom. The van der Waals surface area contributed by atoms with Crippen LogP contribution < -0.4 is 9.47 Å². The molecule has 1 aliphatic rings. The lowest BCUT2D eigenvalue weighted by atomic mass is 10.0. The molecule has 4 nitrogen and oxygen atoms in total. The number of nitrogens with zero attached hydrogens (tertiary/aromatic N) is 1. The molecule has 0 saturated carbocycles. The molecule has 1 amide bonds. The molecular formula is C19H21NO3. The van der Waals surface area contributed by atoms with Gasteiger partial charge in [-0.15, -0.1) is 0 Å². The lowest BCUT2D eigenvalue weighted by Gasteiger charge is -2.28. The quantitative estimate of drug-likeness (QED) is 0.870. The number of benzene rings is 2. The predicted octanol–water partition coefficient (Wildman–Crippen LogP) is 3.22. The molecular weight excluding hydrogens is 290 g/mol. The molecule has 0 bridgehead atoms. The minimum absolute atomic E-state index is 0.0143. The van der Waals surface area contributed by atoms with Gasteiger partial charge in [0.05, 0.1) is 13.2 Å². The molecule has 2 aromatic carbocycles. The first kappa shape index (κ1) is 15.4. The van der Waals surface area contributed by atoms with Crippen LogP contribution in [-0.4, -0.2) is 31.1 Å². The number of likely N-dealkylation sites (N-methyl/N-ethyl adjacent to an activating group) is 1. The molecule has 0 saturated heterocycles. The monoisotopic (exact) mass is 311 g/mol. The fraction of sp³-hybridized carbons (Fsp3) is 0.316. The van der Waals surface area contributed by atoms with Gasteiger partial charge in [0.15, 0.2) is 6.10 Å². The van der Waals surface area contributed by atoms with Crippen molar-refractivity contribution in [1.29, 1.82) is 0 Å². The van der Waals surface area contributed by atoms with E-state index in [9.17, 15) is 4.79 Å². The predicted molar refractivity (Wildman–Crippen MR) is 88.7 cm³/mol. The number of para-hydroxylation sites is 2. The fourth-order valence-electron chi connectivity index (χ4n) is 2.96. The Kier molecular flexibility index (Phi) is 4.24. The molecule has 2 aromatic rings. The number of methoxy groups -OCH3 is 1. The average Bonchev–Trinajstić information content (AvgIpc) is 3.03. The minimum atomic E-state index is -0.449. The first-order valence-corrected chi connectivity index (χ1v) is 7.76. The van der Waals surface area contributed by atoms with Crippen molar-refractivity contribution in [3.63, 3.8) is 0 Å². The van der Waals surface area contributed by atoms with Crippen LogP contribution in [-0.2, 0) is 11.2 Å². The normalized spacial score (nSPS) is 17.1. The van der Waals surface area contributed by atoms with Gasteiger partial charge in [0.2, 0.25) is 0 Å². The third-order valence-electron chi connectivity index (χ3n) is 4.44. The van der Waals surface area contributed by atoms with E-state index < -0.39 is 6.10 Å². The van der Waals surface area contributed by atoms with Gasteiger partial charge in [0, 0.05) is 19.0 Å². The van der Waals surface area contributed by atoms with Gasteiger partial charge < -0.3 is 14.4 Å². The maximum atomic E-state index is 12.8. The number of hydrogen-bond donors (Lipinski definition) is 0. The summed E-state index contributed by atoms with van der Waals surface area (Å²) in [5.41, 5.74) is 2.07. The average molecular weight is 311 g/mol. The number of ether oxygens (including phenoxy) is 2. The topological polar surface area (TPSA) is 38.8 Å². The van der Waals surface area contributed by atoms with Gasteiger partial charge in [0.25, 0.3) is 5.91 Å². The molecule has 120 valence electrons. The zero-order chi connectivity index (χ0) is 16.4. The van der Waals surface area contributed by atoms with Crippen LogP contribution in [0.4, 0.5) is 0 Å².